The second-order valence-electron chi connectivity index (χ2n) is 5.72. The molecule has 0 saturated carbocycles. The number of carbonyl (C=O) groups is 2. The number of hydrogen-bond acceptors (Lipinski definition) is 6. The zero-order chi connectivity index (χ0) is 18.5. The average molecular weight is 375 g/mol. The molecule has 1 saturated heterocycles. The highest BCUT2D eigenvalue weighted by atomic mass is 32.2. The van der Waals surface area contributed by atoms with Crippen LogP contribution in [0.4, 0.5) is 4.79 Å². The minimum absolute atomic E-state index is 0.220. The number of urea groups is 1. The van der Waals surface area contributed by atoms with Gasteiger partial charge in [-0.1, -0.05) is 18.7 Å². The van der Waals surface area contributed by atoms with E-state index in [9.17, 15) is 9.59 Å². The first kappa shape index (κ1) is 18.2. The molecular formula is C17H21N5O3S. The summed E-state index contributed by atoms with van der Waals surface area (Å²) in [6.07, 6.45) is 0.641. The summed E-state index contributed by atoms with van der Waals surface area (Å²) < 4.78 is 7.45. The molecule has 1 fully saturated rings. The molecule has 9 heteroatoms. The van der Waals surface area contributed by atoms with Gasteiger partial charge in [-0.25, -0.2) is 4.79 Å². The van der Waals surface area contributed by atoms with Crippen LogP contribution >= 0.6 is 11.8 Å². The molecule has 0 spiro atoms. The smallest absolute Gasteiger partial charge is 0.321 e. The molecule has 1 aromatic heterocycles. The van der Waals surface area contributed by atoms with Crippen molar-refractivity contribution < 1.29 is 14.3 Å². The van der Waals surface area contributed by atoms with Gasteiger partial charge in [0.2, 0.25) is 5.91 Å². The van der Waals surface area contributed by atoms with Gasteiger partial charge < -0.3 is 10.1 Å². The molecule has 8 nitrogen and oxygen atoms in total. The Labute approximate surface area is 155 Å². The maximum atomic E-state index is 11.6. The summed E-state index contributed by atoms with van der Waals surface area (Å²) in [5.41, 5.74) is 0.913. The summed E-state index contributed by atoms with van der Waals surface area (Å²) >= 11 is 1.59. The molecule has 1 atom stereocenters. The van der Waals surface area contributed by atoms with Gasteiger partial charge in [0.1, 0.15) is 11.6 Å². The van der Waals surface area contributed by atoms with Crippen LogP contribution in [-0.2, 0) is 11.2 Å². The third kappa shape index (κ3) is 4.16. The summed E-state index contributed by atoms with van der Waals surface area (Å²) in [4.78, 5) is 23.1. The number of benzene rings is 1. The van der Waals surface area contributed by atoms with Crippen molar-refractivity contribution in [2.45, 2.75) is 37.9 Å². The highest BCUT2D eigenvalue weighted by Gasteiger charge is 2.26. The minimum Gasteiger partial charge on any atom is -0.494 e. The van der Waals surface area contributed by atoms with Gasteiger partial charge >= 0.3 is 6.03 Å². The fourth-order valence-corrected chi connectivity index (χ4v) is 3.49. The summed E-state index contributed by atoms with van der Waals surface area (Å²) in [5.74, 6) is 2.07. The molecule has 2 heterocycles. The Kier molecular flexibility index (Phi) is 5.77. The Bertz CT molecular complexity index is 774. The summed E-state index contributed by atoms with van der Waals surface area (Å²) in [6, 6.07) is 6.92. The lowest BCUT2D eigenvalue weighted by atomic mass is 10.1. The second-order valence-corrected chi connectivity index (χ2v) is 6.95. The van der Waals surface area contributed by atoms with E-state index in [0.29, 0.717) is 18.9 Å². The standard InChI is InChI=1S/C17H21N5O3S/c1-3-25-13-7-5-12(6-8-13)22-14(20-21-17(22)26-4-2)9-11-10-15(23)19-16(24)18-11/h5-8,11H,3-4,9-10H2,1-2H3,(H2,18,19,23,24). The summed E-state index contributed by atoms with van der Waals surface area (Å²) in [7, 11) is 0. The number of thioether (sulfide) groups is 1. The van der Waals surface area contributed by atoms with Gasteiger partial charge in [0.15, 0.2) is 5.16 Å². The quantitative estimate of drug-likeness (QED) is 0.718. The van der Waals surface area contributed by atoms with Gasteiger partial charge in [0, 0.05) is 24.6 Å². The molecule has 138 valence electrons. The van der Waals surface area contributed by atoms with E-state index in [2.05, 4.69) is 20.8 Å². The highest BCUT2D eigenvalue weighted by molar-refractivity contribution is 7.99. The number of aromatic nitrogens is 3. The Morgan fingerprint density at radius 3 is 2.65 bits per heavy atom. The van der Waals surface area contributed by atoms with E-state index in [-0.39, 0.29) is 18.4 Å². The molecule has 0 bridgehead atoms. The number of rotatable bonds is 7. The molecule has 1 aliphatic heterocycles. The lowest BCUT2D eigenvalue weighted by Crippen LogP contribution is -2.53. The van der Waals surface area contributed by atoms with E-state index in [1.165, 1.54) is 0 Å². The number of carbonyl (C=O) groups excluding carboxylic acids is 2. The van der Waals surface area contributed by atoms with Gasteiger partial charge in [0.25, 0.3) is 0 Å². The number of nitrogens with zero attached hydrogens (tertiary/aromatic N) is 3. The molecule has 0 radical (unpaired) electrons. The highest BCUT2D eigenvalue weighted by Crippen LogP contribution is 2.24. The number of imide groups is 1. The molecule has 26 heavy (non-hydrogen) atoms. The van der Waals surface area contributed by atoms with E-state index in [0.717, 1.165) is 22.3 Å². The van der Waals surface area contributed by atoms with Crippen LogP contribution < -0.4 is 15.4 Å². The normalized spacial score (nSPS) is 16.9. The predicted molar refractivity (Wildman–Crippen MR) is 97.7 cm³/mol. The third-order valence-electron chi connectivity index (χ3n) is 3.83. The monoisotopic (exact) mass is 375 g/mol. The topological polar surface area (TPSA) is 98.1 Å². The first-order valence-corrected chi connectivity index (χ1v) is 9.50. The maximum Gasteiger partial charge on any atom is 0.321 e. The van der Waals surface area contributed by atoms with Crippen molar-refractivity contribution in [2.24, 2.45) is 0 Å². The van der Waals surface area contributed by atoms with Gasteiger partial charge in [-0.15, -0.1) is 10.2 Å². The molecule has 2 N–H and O–H groups in total. The average Bonchev–Trinajstić information content (AvgIpc) is 2.98. The van der Waals surface area contributed by atoms with Crippen LogP contribution in [0.2, 0.25) is 0 Å². The van der Waals surface area contributed by atoms with E-state index in [1.54, 1.807) is 11.8 Å². The Morgan fingerprint density at radius 2 is 2.00 bits per heavy atom. The lowest BCUT2D eigenvalue weighted by molar-refractivity contribution is -0.121. The second kappa shape index (κ2) is 8.22. The van der Waals surface area contributed by atoms with E-state index < -0.39 is 6.03 Å². The van der Waals surface area contributed by atoms with Crippen LogP contribution in [0, 0.1) is 0 Å². The number of amides is 3. The van der Waals surface area contributed by atoms with Crippen LogP contribution in [0.3, 0.4) is 0 Å². The van der Waals surface area contributed by atoms with Crippen LogP contribution in [0.5, 0.6) is 5.75 Å². The van der Waals surface area contributed by atoms with Crippen molar-refractivity contribution in [3.63, 3.8) is 0 Å². The van der Waals surface area contributed by atoms with Crippen molar-refractivity contribution in [3.05, 3.63) is 30.1 Å². The van der Waals surface area contributed by atoms with E-state index >= 15 is 0 Å². The van der Waals surface area contributed by atoms with Gasteiger partial charge in [-0.2, -0.15) is 0 Å². The predicted octanol–water partition coefficient (Wildman–Crippen LogP) is 1.92. The maximum absolute atomic E-state index is 11.6. The minimum atomic E-state index is -0.471. The Hall–Kier alpha value is -2.55. The zero-order valence-electron chi connectivity index (χ0n) is 14.7. The van der Waals surface area contributed by atoms with Crippen molar-refractivity contribution in [1.29, 1.82) is 0 Å². The van der Waals surface area contributed by atoms with Gasteiger partial charge in [-0.05, 0) is 36.9 Å². The summed E-state index contributed by atoms with van der Waals surface area (Å²) in [5, 5.41) is 14.3. The van der Waals surface area contributed by atoms with Crippen molar-refractivity contribution in [3.8, 4) is 11.4 Å². The molecule has 0 aliphatic carbocycles. The summed E-state index contributed by atoms with van der Waals surface area (Å²) in [6.45, 7) is 4.60. The molecular weight excluding hydrogens is 354 g/mol. The third-order valence-corrected chi connectivity index (χ3v) is 4.64. The van der Waals surface area contributed by atoms with Crippen molar-refractivity contribution >= 4 is 23.7 Å². The molecule has 1 aromatic carbocycles. The van der Waals surface area contributed by atoms with E-state index in [4.69, 9.17) is 4.74 Å². The first-order valence-electron chi connectivity index (χ1n) is 8.51. The van der Waals surface area contributed by atoms with Crippen LogP contribution in [0.15, 0.2) is 29.4 Å². The molecule has 3 rings (SSSR count). The van der Waals surface area contributed by atoms with Gasteiger partial charge in [0.05, 0.1) is 6.61 Å². The molecule has 1 unspecified atom stereocenters. The van der Waals surface area contributed by atoms with Crippen LogP contribution in [-0.4, -0.2) is 45.1 Å². The zero-order valence-corrected chi connectivity index (χ0v) is 15.5. The molecule has 3 amide bonds. The van der Waals surface area contributed by atoms with E-state index in [1.807, 2.05) is 42.7 Å². The number of hydrogen-bond donors (Lipinski definition) is 2. The Balaban J connectivity index is 1.88. The SMILES string of the molecule is CCOc1ccc(-n2c(CC3CC(=O)NC(=O)N3)nnc2SCC)cc1. The fourth-order valence-electron chi connectivity index (χ4n) is 2.79. The fraction of sp³-hybridized carbons (Fsp3) is 0.412. The molecule has 1 aliphatic rings. The largest absolute Gasteiger partial charge is 0.494 e. The van der Waals surface area contributed by atoms with Gasteiger partial charge in [-0.3, -0.25) is 14.7 Å². The lowest BCUT2D eigenvalue weighted by Gasteiger charge is -2.23. The van der Waals surface area contributed by atoms with Crippen molar-refractivity contribution in [1.82, 2.24) is 25.4 Å². The van der Waals surface area contributed by atoms with Crippen molar-refractivity contribution in [2.75, 3.05) is 12.4 Å². The van der Waals surface area contributed by atoms with Crippen LogP contribution in [0.25, 0.3) is 5.69 Å². The number of ether oxygens (including phenoxy) is 1. The first-order chi connectivity index (χ1) is 12.6. The Morgan fingerprint density at radius 1 is 1.23 bits per heavy atom. The van der Waals surface area contributed by atoms with Crippen LogP contribution in [0.1, 0.15) is 26.1 Å². The number of nitrogens with one attached hydrogen (secondary N) is 2. The molecule has 2 aromatic rings.